The lowest BCUT2D eigenvalue weighted by Crippen LogP contribution is -2.37. The third kappa shape index (κ3) is 3.89. The molecule has 0 aliphatic carbocycles. The van der Waals surface area contributed by atoms with Crippen LogP contribution in [0.3, 0.4) is 0 Å². The van der Waals surface area contributed by atoms with Crippen LogP contribution in [0.2, 0.25) is 0 Å². The molecule has 3 aromatic heterocycles. The number of likely N-dealkylation sites (tertiary alicyclic amines) is 1. The Morgan fingerprint density at radius 2 is 2.09 bits per heavy atom. The van der Waals surface area contributed by atoms with Crippen LogP contribution >= 0.6 is 11.3 Å². The molecule has 4 heterocycles. The zero-order valence-corrected chi connectivity index (χ0v) is 19.7. The molecule has 8 heteroatoms. The summed E-state index contributed by atoms with van der Waals surface area (Å²) in [5, 5.41) is 4.48. The number of thiophene rings is 1. The second-order valence-corrected chi connectivity index (χ2v) is 9.52. The van der Waals surface area contributed by atoms with Gasteiger partial charge >= 0.3 is 0 Å². The molecule has 7 nitrogen and oxygen atoms in total. The first-order valence-electron chi connectivity index (χ1n) is 11.0. The van der Waals surface area contributed by atoms with Gasteiger partial charge < -0.3 is 15.0 Å². The monoisotopic (exact) mass is 462 g/mol. The molecule has 0 radical (unpaired) electrons. The summed E-state index contributed by atoms with van der Waals surface area (Å²) in [7, 11) is 1.68. The molecule has 1 fully saturated rings. The van der Waals surface area contributed by atoms with Crippen molar-refractivity contribution >= 4 is 55.6 Å². The molecule has 1 aromatic carbocycles. The molecule has 0 bridgehead atoms. The molecule has 1 aliphatic heterocycles. The normalized spacial score (nSPS) is 16.1. The average Bonchev–Trinajstić information content (AvgIpc) is 3.49. The molecule has 4 aromatic rings. The molecular weight excluding hydrogens is 436 g/mol. The maximum Gasteiger partial charge on any atom is 0.264 e. The highest BCUT2D eigenvalue weighted by atomic mass is 32.1. The van der Waals surface area contributed by atoms with Gasteiger partial charge in [-0.2, -0.15) is 0 Å². The number of fused-ring (bicyclic) bond motifs is 2. The van der Waals surface area contributed by atoms with Crippen LogP contribution < -0.4 is 5.32 Å². The number of carbonyl (C=O) groups is 2. The summed E-state index contributed by atoms with van der Waals surface area (Å²) in [4.78, 5) is 32.3. The second-order valence-electron chi connectivity index (χ2n) is 8.47. The van der Waals surface area contributed by atoms with Gasteiger partial charge in [0.1, 0.15) is 0 Å². The minimum atomic E-state index is 0.000532. The van der Waals surface area contributed by atoms with Crippen LogP contribution in [0.1, 0.15) is 39.9 Å². The van der Waals surface area contributed by atoms with Gasteiger partial charge in [-0.25, -0.2) is 0 Å². The zero-order chi connectivity index (χ0) is 23.1. The summed E-state index contributed by atoms with van der Waals surface area (Å²) in [6.45, 7) is 4.83. The topological polar surface area (TPSA) is 76.5 Å². The van der Waals surface area contributed by atoms with Crippen LogP contribution in [0.5, 0.6) is 0 Å². The van der Waals surface area contributed by atoms with Crippen LogP contribution in [-0.4, -0.2) is 52.6 Å². The Labute approximate surface area is 196 Å². The SMILES string of the molecule is COC[C@H]1CCCN1C(=O)c1cc2nccc(Nc3ccc4c(c3)cc(C)n4C(C)=O)c2s1. The number of ether oxygens (including phenoxy) is 1. The van der Waals surface area contributed by atoms with Crippen LogP contribution in [0.25, 0.3) is 21.1 Å². The highest BCUT2D eigenvalue weighted by molar-refractivity contribution is 7.21. The fraction of sp³-hybridized carbons (Fsp3) is 0.320. The number of aryl methyl sites for hydroxylation is 1. The predicted molar refractivity (Wildman–Crippen MR) is 132 cm³/mol. The molecular formula is C25H26N4O3S. The molecule has 1 N–H and O–H groups in total. The summed E-state index contributed by atoms with van der Waals surface area (Å²) >= 11 is 1.47. The number of carbonyl (C=O) groups excluding carboxylic acids is 2. The van der Waals surface area contributed by atoms with Crippen molar-refractivity contribution in [1.29, 1.82) is 0 Å². The molecule has 33 heavy (non-hydrogen) atoms. The minimum absolute atomic E-state index is 0.000532. The molecule has 1 amide bonds. The van der Waals surface area contributed by atoms with E-state index in [1.54, 1.807) is 24.8 Å². The molecule has 1 aliphatic rings. The molecule has 1 saturated heterocycles. The molecule has 170 valence electrons. The first-order chi connectivity index (χ1) is 16.0. The van der Waals surface area contributed by atoms with Gasteiger partial charge in [0.25, 0.3) is 5.91 Å². The Morgan fingerprint density at radius 3 is 2.88 bits per heavy atom. The Bertz CT molecular complexity index is 1370. The van der Waals surface area contributed by atoms with Gasteiger partial charge in [-0.3, -0.25) is 19.1 Å². The van der Waals surface area contributed by atoms with Crippen molar-refractivity contribution < 1.29 is 14.3 Å². The third-order valence-corrected chi connectivity index (χ3v) is 7.34. The van der Waals surface area contributed by atoms with Gasteiger partial charge in [-0.1, -0.05) is 0 Å². The quantitative estimate of drug-likeness (QED) is 0.440. The molecule has 5 rings (SSSR count). The van der Waals surface area contributed by atoms with Gasteiger partial charge in [-0.05, 0) is 56.2 Å². The second kappa shape index (κ2) is 8.61. The largest absolute Gasteiger partial charge is 0.383 e. The van der Waals surface area contributed by atoms with Crippen LogP contribution in [0.4, 0.5) is 11.4 Å². The van der Waals surface area contributed by atoms with E-state index in [9.17, 15) is 9.59 Å². The van der Waals surface area contributed by atoms with E-state index in [1.165, 1.54) is 11.3 Å². The summed E-state index contributed by atoms with van der Waals surface area (Å²) < 4.78 is 7.97. The molecule has 1 atom stereocenters. The lowest BCUT2D eigenvalue weighted by molar-refractivity contribution is 0.0635. The lowest BCUT2D eigenvalue weighted by atomic mass is 10.2. The first kappa shape index (κ1) is 21.6. The summed E-state index contributed by atoms with van der Waals surface area (Å²) in [6, 6.07) is 11.9. The fourth-order valence-electron chi connectivity index (χ4n) is 4.76. The number of benzene rings is 1. The number of nitrogens with zero attached hydrogens (tertiary/aromatic N) is 3. The van der Waals surface area contributed by atoms with Crippen molar-refractivity contribution in [3.63, 3.8) is 0 Å². The number of rotatable bonds is 5. The number of amides is 1. The standard InChI is InChI=1S/C25H26N4O3S/c1-15-11-17-12-18(6-7-22(17)29(15)16(2)30)27-20-8-9-26-21-13-23(33-24(20)21)25(31)28-10-4-5-19(28)14-32-3/h6-9,11-13,19H,4-5,10,14H2,1-3H3,(H,26,27)/t19-/m1/s1. The molecule has 0 unspecified atom stereocenters. The van der Waals surface area contributed by atoms with E-state index in [1.807, 2.05) is 48.2 Å². The van der Waals surface area contributed by atoms with E-state index in [-0.39, 0.29) is 17.9 Å². The van der Waals surface area contributed by atoms with Crippen LogP contribution in [-0.2, 0) is 4.74 Å². The van der Waals surface area contributed by atoms with Crippen molar-refractivity contribution in [3.8, 4) is 0 Å². The van der Waals surface area contributed by atoms with E-state index >= 15 is 0 Å². The number of aromatic nitrogens is 2. The Balaban J connectivity index is 1.45. The predicted octanol–water partition coefficient (Wildman–Crippen LogP) is 5.21. The van der Waals surface area contributed by atoms with Crippen molar-refractivity contribution in [3.05, 3.63) is 53.2 Å². The summed E-state index contributed by atoms with van der Waals surface area (Å²) in [5.41, 5.74) is 4.43. The molecule has 0 saturated carbocycles. The smallest absolute Gasteiger partial charge is 0.264 e. The van der Waals surface area contributed by atoms with Gasteiger partial charge in [0, 0.05) is 43.5 Å². The third-order valence-electron chi connectivity index (χ3n) is 6.20. The lowest BCUT2D eigenvalue weighted by Gasteiger charge is -2.23. The Morgan fingerprint density at radius 1 is 1.24 bits per heavy atom. The maximum absolute atomic E-state index is 13.2. The van der Waals surface area contributed by atoms with E-state index in [2.05, 4.69) is 10.3 Å². The van der Waals surface area contributed by atoms with Gasteiger partial charge in [0.2, 0.25) is 5.91 Å². The number of methoxy groups -OCH3 is 1. The maximum atomic E-state index is 13.2. The number of hydrogen-bond donors (Lipinski definition) is 1. The van der Waals surface area contributed by atoms with Crippen LogP contribution in [0.15, 0.2) is 42.6 Å². The summed E-state index contributed by atoms with van der Waals surface area (Å²) in [6.07, 6.45) is 3.73. The van der Waals surface area contributed by atoms with Gasteiger partial charge in [-0.15, -0.1) is 11.3 Å². The van der Waals surface area contributed by atoms with E-state index in [4.69, 9.17) is 4.74 Å². The first-order valence-corrected chi connectivity index (χ1v) is 11.9. The van der Waals surface area contributed by atoms with Crippen molar-refractivity contribution in [2.24, 2.45) is 0 Å². The number of hydrogen-bond acceptors (Lipinski definition) is 6. The van der Waals surface area contributed by atoms with Crippen molar-refractivity contribution in [2.75, 3.05) is 25.6 Å². The van der Waals surface area contributed by atoms with Crippen LogP contribution in [0, 0.1) is 6.92 Å². The Hall–Kier alpha value is -3.23. The number of pyridine rings is 1. The minimum Gasteiger partial charge on any atom is -0.383 e. The van der Waals surface area contributed by atoms with E-state index < -0.39 is 0 Å². The van der Waals surface area contributed by atoms with Gasteiger partial charge in [0.15, 0.2) is 0 Å². The number of nitrogens with one attached hydrogen (secondary N) is 1. The van der Waals surface area contributed by atoms with Crippen molar-refractivity contribution in [1.82, 2.24) is 14.5 Å². The highest BCUT2D eigenvalue weighted by Gasteiger charge is 2.30. The van der Waals surface area contributed by atoms with E-state index in [0.717, 1.165) is 57.6 Å². The highest BCUT2D eigenvalue weighted by Crippen LogP contribution is 2.35. The average molecular weight is 463 g/mol. The Kier molecular flexibility index (Phi) is 5.64. The fourth-order valence-corrected chi connectivity index (χ4v) is 5.80. The summed E-state index contributed by atoms with van der Waals surface area (Å²) in [5.74, 6) is 0.0477. The number of anilines is 2. The molecule has 0 spiro atoms. The van der Waals surface area contributed by atoms with Crippen molar-refractivity contribution in [2.45, 2.75) is 32.7 Å². The van der Waals surface area contributed by atoms with Gasteiger partial charge in [0.05, 0.1) is 38.9 Å². The van der Waals surface area contributed by atoms with E-state index in [0.29, 0.717) is 11.5 Å². The zero-order valence-electron chi connectivity index (χ0n) is 18.9.